The van der Waals surface area contributed by atoms with E-state index in [4.69, 9.17) is 4.52 Å². The zero-order valence-corrected chi connectivity index (χ0v) is 14.6. The molecule has 0 radical (unpaired) electrons. The molecule has 136 valence electrons. The second-order valence-electron chi connectivity index (χ2n) is 7.14. The molecule has 0 saturated carbocycles. The number of aromatic nitrogens is 2. The number of rotatable bonds is 3. The first-order valence-electron chi connectivity index (χ1n) is 9.16. The van der Waals surface area contributed by atoms with Crippen molar-refractivity contribution >= 4 is 5.91 Å². The van der Waals surface area contributed by atoms with Gasteiger partial charge in [0.15, 0.2) is 5.82 Å². The van der Waals surface area contributed by atoms with E-state index in [9.17, 15) is 9.18 Å². The van der Waals surface area contributed by atoms with Crippen LogP contribution in [0, 0.1) is 5.82 Å². The topological polar surface area (TPSA) is 59.2 Å². The SMILES string of the molecule is O=C1CC(c2noc(-c3ccccc3F)n2)CN1C1CCc2ccccc21. The number of benzene rings is 2. The minimum absolute atomic E-state index is 0.110. The smallest absolute Gasteiger partial charge is 0.260 e. The second kappa shape index (κ2) is 6.30. The van der Waals surface area contributed by atoms with Gasteiger partial charge in [0, 0.05) is 18.9 Å². The summed E-state index contributed by atoms with van der Waals surface area (Å²) in [4.78, 5) is 19.0. The number of nitrogens with zero attached hydrogens (tertiary/aromatic N) is 3. The molecule has 6 heteroatoms. The Balaban J connectivity index is 1.38. The predicted octanol–water partition coefficient (Wildman–Crippen LogP) is 3.88. The number of amides is 1. The molecule has 0 bridgehead atoms. The number of aryl methyl sites for hydroxylation is 1. The summed E-state index contributed by atoms with van der Waals surface area (Å²) in [5.74, 6) is 0.198. The maximum absolute atomic E-state index is 13.9. The quantitative estimate of drug-likeness (QED) is 0.709. The van der Waals surface area contributed by atoms with Crippen molar-refractivity contribution in [2.75, 3.05) is 6.54 Å². The highest BCUT2D eigenvalue weighted by Gasteiger charge is 2.40. The van der Waals surface area contributed by atoms with Gasteiger partial charge in [-0.25, -0.2) is 4.39 Å². The van der Waals surface area contributed by atoms with Crippen molar-refractivity contribution < 1.29 is 13.7 Å². The Labute approximate surface area is 155 Å². The number of carbonyl (C=O) groups excluding carboxylic acids is 1. The fourth-order valence-corrected chi connectivity index (χ4v) is 4.21. The van der Waals surface area contributed by atoms with E-state index >= 15 is 0 Å². The van der Waals surface area contributed by atoms with Gasteiger partial charge in [-0.2, -0.15) is 4.98 Å². The third-order valence-corrected chi connectivity index (χ3v) is 5.55. The van der Waals surface area contributed by atoms with Crippen molar-refractivity contribution in [2.45, 2.75) is 31.2 Å². The first-order valence-corrected chi connectivity index (χ1v) is 9.16. The Kier molecular flexibility index (Phi) is 3.77. The third kappa shape index (κ3) is 2.72. The summed E-state index contributed by atoms with van der Waals surface area (Å²) in [5.41, 5.74) is 2.84. The van der Waals surface area contributed by atoms with Crippen molar-refractivity contribution in [2.24, 2.45) is 0 Å². The molecular formula is C21H18FN3O2. The number of halogens is 1. The molecule has 27 heavy (non-hydrogen) atoms. The van der Waals surface area contributed by atoms with E-state index < -0.39 is 5.82 Å². The highest BCUT2D eigenvalue weighted by Crippen LogP contribution is 2.40. The summed E-state index contributed by atoms with van der Waals surface area (Å²) in [6.07, 6.45) is 2.30. The zero-order valence-electron chi connectivity index (χ0n) is 14.6. The van der Waals surface area contributed by atoms with Crippen LogP contribution < -0.4 is 0 Å². The standard InChI is InChI=1S/C21H18FN3O2/c22-17-8-4-3-7-16(17)21-23-20(24-27-21)14-11-19(26)25(12-14)18-10-9-13-5-1-2-6-15(13)18/h1-8,14,18H,9-12H2. The largest absolute Gasteiger partial charge is 0.335 e. The molecule has 1 amide bonds. The molecule has 1 aliphatic carbocycles. The lowest BCUT2D eigenvalue weighted by Gasteiger charge is -2.25. The van der Waals surface area contributed by atoms with Crippen LogP contribution in [0.3, 0.4) is 0 Å². The number of likely N-dealkylation sites (tertiary alicyclic amines) is 1. The van der Waals surface area contributed by atoms with Crippen molar-refractivity contribution in [3.05, 3.63) is 71.3 Å². The van der Waals surface area contributed by atoms with Gasteiger partial charge in [0.2, 0.25) is 5.91 Å². The molecule has 0 spiro atoms. The van der Waals surface area contributed by atoms with Crippen LogP contribution in [-0.2, 0) is 11.2 Å². The molecule has 5 nitrogen and oxygen atoms in total. The van der Waals surface area contributed by atoms with Crippen LogP contribution in [0.1, 0.15) is 41.8 Å². The normalized spacial score (nSPS) is 21.7. The zero-order chi connectivity index (χ0) is 18.4. The van der Waals surface area contributed by atoms with Gasteiger partial charge in [0.25, 0.3) is 5.89 Å². The number of hydrogen-bond donors (Lipinski definition) is 0. The lowest BCUT2D eigenvalue weighted by Crippen LogP contribution is -2.28. The van der Waals surface area contributed by atoms with E-state index in [1.807, 2.05) is 17.0 Å². The fraction of sp³-hybridized carbons (Fsp3) is 0.286. The Morgan fingerprint density at radius 2 is 1.93 bits per heavy atom. The maximum atomic E-state index is 13.9. The van der Waals surface area contributed by atoms with E-state index in [0.717, 1.165) is 12.8 Å². The van der Waals surface area contributed by atoms with Gasteiger partial charge in [-0.3, -0.25) is 4.79 Å². The summed E-state index contributed by atoms with van der Waals surface area (Å²) < 4.78 is 19.2. The summed E-state index contributed by atoms with van der Waals surface area (Å²) >= 11 is 0. The highest BCUT2D eigenvalue weighted by molar-refractivity contribution is 5.80. The molecule has 3 aromatic rings. The fourth-order valence-electron chi connectivity index (χ4n) is 4.21. The predicted molar refractivity (Wildman–Crippen MR) is 96.3 cm³/mol. The number of fused-ring (bicyclic) bond motifs is 1. The second-order valence-corrected chi connectivity index (χ2v) is 7.14. The molecule has 2 atom stereocenters. The van der Waals surface area contributed by atoms with Crippen LogP contribution >= 0.6 is 0 Å². The van der Waals surface area contributed by atoms with Gasteiger partial charge in [0.1, 0.15) is 5.82 Å². The Hall–Kier alpha value is -3.02. The summed E-state index contributed by atoms with van der Waals surface area (Å²) in [6, 6.07) is 14.7. The van der Waals surface area contributed by atoms with Crippen LogP contribution in [-0.4, -0.2) is 27.5 Å². The first kappa shape index (κ1) is 16.2. The van der Waals surface area contributed by atoms with Gasteiger partial charge >= 0.3 is 0 Å². The van der Waals surface area contributed by atoms with Gasteiger partial charge in [-0.1, -0.05) is 41.6 Å². The molecule has 0 N–H and O–H groups in total. The van der Waals surface area contributed by atoms with Crippen LogP contribution in [0.2, 0.25) is 0 Å². The van der Waals surface area contributed by atoms with Crippen molar-refractivity contribution in [3.8, 4) is 11.5 Å². The molecule has 1 saturated heterocycles. The van der Waals surface area contributed by atoms with E-state index in [0.29, 0.717) is 18.8 Å². The minimum Gasteiger partial charge on any atom is -0.335 e. The van der Waals surface area contributed by atoms with Gasteiger partial charge in [-0.05, 0) is 36.1 Å². The molecule has 2 aromatic carbocycles. The molecular weight excluding hydrogens is 345 g/mol. The molecule has 2 heterocycles. The van der Waals surface area contributed by atoms with Crippen LogP contribution in [0.5, 0.6) is 0 Å². The number of hydrogen-bond acceptors (Lipinski definition) is 4. The average molecular weight is 363 g/mol. The van der Waals surface area contributed by atoms with Crippen LogP contribution in [0.15, 0.2) is 53.1 Å². The van der Waals surface area contributed by atoms with E-state index in [1.165, 1.54) is 17.2 Å². The van der Waals surface area contributed by atoms with Gasteiger partial charge < -0.3 is 9.42 Å². The molecule has 1 aliphatic heterocycles. The molecule has 1 aromatic heterocycles. The van der Waals surface area contributed by atoms with E-state index in [1.54, 1.807) is 18.2 Å². The Morgan fingerprint density at radius 3 is 2.81 bits per heavy atom. The maximum Gasteiger partial charge on any atom is 0.260 e. The number of carbonyl (C=O) groups is 1. The average Bonchev–Trinajstić information content (AvgIpc) is 3.40. The third-order valence-electron chi connectivity index (χ3n) is 5.55. The first-order chi connectivity index (χ1) is 13.2. The van der Waals surface area contributed by atoms with E-state index in [-0.39, 0.29) is 29.3 Å². The summed E-state index contributed by atoms with van der Waals surface area (Å²) in [6.45, 7) is 0.564. The molecule has 5 rings (SSSR count). The molecule has 2 unspecified atom stereocenters. The lowest BCUT2D eigenvalue weighted by molar-refractivity contribution is -0.129. The summed E-state index contributed by atoms with van der Waals surface area (Å²) in [7, 11) is 0. The lowest BCUT2D eigenvalue weighted by atomic mass is 10.1. The Morgan fingerprint density at radius 1 is 1.11 bits per heavy atom. The van der Waals surface area contributed by atoms with Gasteiger partial charge in [0.05, 0.1) is 11.6 Å². The summed E-state index contributed by atoms with van der Waals surface area (Å²) in [5, 5.41) is 4.02. The van der Waals surface area contributed by atoms with Gasteiger partial charge in [-0.15, -0.1) is 0 Å². The Bertz CT molecular complexity index is 1020. The van der Waals surface area contributed by atoms with Crippen LogP contribution in [0.4, 0.5) is 4.39 Å². The molecule has 2 aliphatic rings. The highest BCUT2D eigenvalue weighted by atomic mass is 19.1. The van der Waals surface area contributed by atoms with Crippen molar-refractivity contribution in [1.82, 2.24) is 15.0 Å². The molecule has 1 fully saturated rings. The van der Waals surface area contributed by atoms with E-state index in [2.05, 4.69) is 22.3 Å². The monoisotopic (exact) mass is 363 g/mol. The van der Waals surface area contributed by atoms with Crippen molar-refractivity contribution in [3.63, 3.8) is 0 Å². The van der Waals surface area contributed by atoms with Crippen LogP contribution in [0.25, 0.3) is 11.5 Å². The van der Waals surface area contributed by atoms with Crippen molar-refractivity contribution in [1.29, 1.82) is 0 Å². The minimum atomic E-state index is -0.403.